The van der Waals surface area contributed by atoms with Crippen LogP contribution in [0.3, 0.4) is 0 Å². The van der Waals surface area contributed by atoms with Gasteiger partial charge >= 0.3 is 0 Å². The van der Waals surface area contributed by atoms with E-state index < -0.39 is 20.6 Å². The highest BCUT2D eigenvalue weighted by Crippen LogP contribution is 2.36. The Morgan fingerprint density at radius 2 is 1.90 bits per heavy atom. The Bertz CT molecular complexity index is 571. The first-order valence-electron chi connectivity index (χ1n) is 6.49. The summed E-state index contributed by atoms with van der Waals surface area (Å²) in [5.41, 5.74) is 0.711. The summed E-state index contributed by atoms with van der Waals surface area (Å²) in [4.78, 5) is 0. The van der Waals surface area contributed by atoms with Crippen molar-refractivity contribution in [1.82, 2.24) is 5.32 Å². The summed E-state index contributed by atoms with van der Waals surface area (Å²) >= 11 is 12.3. The van der Waals surface area contributed by atoms with Gasteiger partial charge in [-0.25, -0.2) is 8.42 Å². The predicted octanol–water partition coefficient (Wildman–Crippen LogP) is 3.86. The molecular formula is C14H21Cl2NO2S. The fourth-order valence-electron chi connectivity index (χ4n) is 1.97. The lowest BCUT2D eigenvalue weighted by atomic mass is 9.95. The molecule has 0 aliphatic heterocycles. The first-order valence-corrected chi connectivity index (χ1v) is 9.14. The van der Waals surface area contributed by atoms with Gasteiger partial charge in [-0.2, -0.15) is 0 Å². The fraction of sp³-hybridized carbons (Fsp3) is 0.571. The van der Waals surface area contributed by atoms with Crippen molar-refractivity contribution < 1.29 is 8.42 Å². The maximum Gasteiger partial charge on any atom is 0.154 e. The topological polar surface area (TPSA) is 46.2 Å². The number of hydrogen-bond donors (Lipinski definition) is 1. The molecule has 0 radical (unpaired) electrons. The van der Waals surface area contributed by atoms with Gasteiger partial charge in [0, 0.05) is 16.3 Å². The van der Waals surface area contributed by atoms with Crippen LogP contribution in [0.15, 0.2) is 18.2 Å². The maximum absolute atomic E-state index is 12.1. The molecule has 114 valence electrons. The lowest BCUT2D eigenvalue weighted by Gasteiger charge is -2.34. The minimum Gasteiger partial charge on any atom is -0.309 e. The Hall–Kier alpha value is -0.290. The number of hydrogen-bond acceptors (Lipinski definition) is 3. The SMILES string of the molecule is CCCNC(c1cc(Cl)ccc1Cl)C(C)(C)S(C)(=O)=O. The van der Waals surface area contributed by atoms with E-state index in [2.05, 4.69) is 5.32 Å². The molecule has 0 heterocycles. The zero-order valence-electron chi connectivity index (χ0n) is 12.2. The van der Waals surface area contributed by atoms with E-state index >= 15 is 0 Å². The Morgan fingerprint density at radius 1 is 1.30 bits per heavy atom. The zero-order valence-corrected chi connectivity index (χ0v) is 14.5. The Balaban J connectivity index is 3.36. The smallest absolute Gasteiger partial charge is 0.154 e. The summed E-state index contributed by atoms with van der Waals surface area (Å²) in [5.74, 6) is 0. The average Bonchev–Trinajstić information content (AvgIpc) is 2.32. The second kappa shape index (κ2) is 6.65. The van der Waals surface area contributed by atoms with Gasteiger partial charge in [-0.1, -0.05) is 30.1 Å². The molecule has 1 unspecified atom stereocenters. The monoisotopic (exact) mass is 337 g/mol. The van der Waals surface area contributed by atoms with Crippen LogP contribution in [-0.2, 0) is 9.84 Å². The van der Waals surface area contributed by atoms with Gasteiger partial charge in [-0.15, -0.1) is 0 Å². The van der Waals surface area contributed by atoms with E-state index in [1.165, 1.54) is 6.26 Å². The summed E-state index contributed by atoms with van der Waals surface area (Å²) in [7, 11) is -3.27. The van der Waals surface area contributed by atoms with Gasteiger partial charge in [0.05, 0.1) is 10.8 Å². The summed E-state index contributed by atoms with van der Waals surface area (Å²) in [6.07, 6.45) is 2.14. The molecular weight excluding hydrogens is 317 g/mol. The number of nitrogens with one attached hydrogen (secondary N) is 1. The first kappa shape index (κ1) is 17.8. The van der Waals surface area contributed by atoms with Gasteiger partial charge in [-0.05, 0) is 50.6 Å². The molecule has 1 aromatic carbocycles. The average molecular weight is 338 g/mol. The molecule has 0 aromatic heterocycles. The number of halogens is 2. The van der Waals surface area contributed by atoms with Gasteiger partial charge in [0.2, 0.25) is 0 Å². The van der Waals surface area contributed by atoms with Crippen molar-refractivity contribution in [3.05, 3.63) is 33.8 Å². The van der Waals surface area contributed by atoms with Crippen LogP contribution in [-0.4, -0.2) is 26.0 Å². The van der Waals surface area contributed by atoms with E-state index in [0.717, 1.165) is 6.42 Å². The fourth-order valence-corrected chi connectivity index (χ4v) is 3.01. The van der Waals surface area contributed by atoms with Crippen LogP contribution < -0.4 is 5.32 Å². The number of sulfone groups is 1. The molecule has 0 saturated carbocycles. The molecule has 0 aliphatic carbocycles. The molecule has 0 bridgehead atoms. The molecule has 1 aromatic rings. The maximum atomic E-state index is 12.1. The van der Waals surface area contributed by atoms with E-state index in [-0.39, 0.29) is 0 Å². The molecule has 1 rings (SSSR count). The van der Waals surface area contributed by atoms with Crippen molar-refractivity contribution in [2.24, 2.45) is 0 Å². The van der Waals surface area contributed by atoms with Crippen LogP contribution in [0.4, 0.5) is 0 Å². The lowest BCUT2D eigenvalue weighted by Crippen LogP contribution is -2.45. The predicted molar refractivity (Wildman–Crippen MR) is 86.4 cm³/mol. The van der Waals surface area contributed by atoms with Crippen molar-refractivity contribution >= 4 is 33.0 Å². The van der Waals surface area contributed by atoms with E-state index in [4.69, 9.17) is 23.2 Å². The van der Waals surface area contributed by atoms with Crippen LogP contribution in [0.2, 0.25) is 10.0 Å². The van der Waals surface area contributed by atoms with Crippen molar-refractivity contribution in [2.75, 3.05) is 12.8 Å². The molecule has 0 aliphatic rings. The summed E-state index contributed by atoms with van der Waals surface area (Å²) in [5, 5.41) is 4.33. The Morgan fingerprint density at radius 3 is 2.40 bits per heavy atom. The minimum absolute atomic E-state index is 0.413. The van der Waals surface area contributed by atoms with Gasteiger partial charge < -0.3 is 5.32 Å². The largest absolute Gasteiger partial charge is 0.309 e. The lowest BCUT2D eigenvalue weighted by molar-refractivity contribution is 0.420. The highest BCUT2D eigenvalue weighted by molar-refractivity contribution is 7.92. The standard InChI is InChI=1S/C14H21Cl2NO2S/c1-5-8-17-13(14(2,3)20(4,18)19)11-9-10(15)6-7-12(11)16/h6-7,9,13,17H,5,8H2,1-4H3. The van der Waals surface area contributed by atoms with Crippen molar-refractivity contribution in [3.63, 3.8) is 0 Å². The van der Waals surface area contributed by atoms with Crippen molar-refractivity contribution in [1.29, 1.82) is 0 Å². The molecule has 1 N–H and O–H groups in total. The molecule has 0 saturated heterocycles. The van der Waals surface area contributed by atoms with Crippen LogP contribution >= 0.6 is 23.2 Å². The van der Waals surface area contributed by atoms with Gasteiger partial charge in [0.25, 0.3) is 0 Å². The molecule has 6 heteroatoms. The van der Waals surface area contributed by atoms with Crippen LogP contribution in [0.1, 0.15) is 38.8 Å². The first-order chi connectivity index (χ1) is 9.11. The second-order valence-electron chi connectivity index (χ2n) is 5.43. The van der Waals surface area contributed by atoms with Gasteiger partial charge in [-0.3, -0.25) is 0 Å². The molecule has 0 amide bonds. The summed E-state index contributed by atoms with van der Waals surface area (Å²) in [6, 6.07) is 4.70. The third kappa shape index (κ3) is 3.88. The number of benzene rings is 1. The van der Waals surface area contributed by atoms with E-state index in [9.17, 15) is 8.42 Å². The van der Waals surface area contributed by atoms with Crippen molar-refractivity contribution in [2.45, 2.75) is 38.0 Å². The second-order valence-corrected chi connectivity index (χ2v) is 8.87. The third-order valence-corrected chi connectivity index (χ3v) is 6.24. The van der Waals surface area contributed by atoms with E-state index in [1.54, 1.807) is 32.0 Å². The normalized spacial score (nSPS) is 14.3. The molecule has 20 heavy (non-hydrogen) atoms. The quantitative estimate of drug-likeness (QED) is 0.857. The number of rotatable bonds is 6. The van der Waals surface area contributed by atoms with Crippen molar-refractivity contribution in [3.8, 4) is 0 Å². The van der Waals surface area contributed by atoms with Crippen LogP contribution in [0.5, 0.6) is 0 Å². The Labute approximate surface area is 131 Å². The third-order valence-electron chi connectivity index (χ3n) is 3.52. The van der Waals surface area contributed by atoms with Crippen LogP contribution in [0, 0.1) is 0 Å². The van der Waals surface area contributed by atoms with Crippen LogP contribution in [0.25, 0.3) is 0 Å². The highest BCUT2D eigenvalue weighted by Gasteiger charge is 2.40. The molecule has 1 atom stereocenters. The zero-order chi connectivity index (χ0) is 15.6. The Kier molecular flexibility index (Phi) is 5.90. The molecule has 0 spiro atoms. The van der Waals surface area contributed by atoms with Gasteiger partial charge in [0.15, 0.2) is 9.84 Å². The van der Waals surface area contributed by atoms with E-state index in [1.807, 2.05) is 6.92 Å². The summed E-state index contributed by atoms with van der Waals surface area (Å²) in [6.45, 7) is 6.13. The molecule has 0 fully saturated rings. The molecule has 3 nitrogen and oxygen atoms in total. The van der Waals surface area contributed by atoms with Gasteiger partial charge in [0.1, 0.15) is 0 Å². The highest BCUT2D eigenvalue weighted by atomic mass is 35.5. The van der Waals surface area contributed by atoms with E-state index in [0.29, 0.717) is 22.2 Å². The minimum atomic E-state index is -3.27. The summed E-state index contributed by atoms with van der Waals surface area (Å²) < 4.78 is 23.2.